The highest BCUT2D eigenvalue weighted by molar-refractivity contribution is 5.87. The van der Waals surface area contributed by atoms with Gasteiger partial charge in [-0.25, -0.2) is 14.4 Å². The van der Waals surface area contributed by atoms with Crippen LogP contribution in [-0.2, 0) is 7.05 Å². The Morgan fingerprint density at radius 1 is 1.41 bits per heavy atom. The standard InChI is InChI=1S/C11H14FN5/c1-7-14-10-9(5-13-16(10)2)11(15-7)17-4-3-8(12)6-17/h5,8H,3-4,6H2,1-2H3. The van der Waals surface area contributed by atoms with Gasteiger partial charge in [0.2, 0.25) is 0 Å². The van der Waals surface area contributed by atoms with Crippen LogP contribution in [0.4, 0.5) is 10.2 Å². The molecule has 1 saturated heterocycles. The molecule has 1 aliphatic rings. The summed E-state index contributed by atoms with van der Waals surface area (Å²) in [7, 11) is 1.85. The van der Waals surface area contributed by atoms with Crippen molar-refractivity contribution < 1.29 is 4.39 Å². The van der Waals surface area contributed by atoms with Gasteiger partial charge in [0, 0.05) is 13.6 Å². The van der Waals surface area contributed by atoms with E-state index in [1.54, 1.807) is 10.9 Å². The van der Waals surface area contributed by atoms with Gasteiger partial charge in [0.25, 0.3) is 0 Å². The van der Waals surface area contributed by atoms with Crippen LogP contribution in [0.3, 0.4) is 0 Å². The van der Waals surface area contributed by atoms with Crippen LogP contribution in [0.25, 0.3) is 11.0 Å². The molecule has 6 heteroatoms. The fraction of sp³-hybridized carbons (Fsp3) is 0.545. The summed E-state index contributed by atoms with van der Waals surface area (Å²) in [6.07, 6.45) is 1.57. The third-order valence-electron chi connectivity index (χ3n) is 3.11. The van der Waals surface area contributed by atoms with Crippen molar-refractivity contribution >= 4 is 16.9 Å². The van der Waals surface area contributed by atoms with Crippen molar-refractivity contribution in [2.75, 3.05) is 18.0 Å². The molecule has 1 atom stereocenters. The molecule has 0 radical (unpaired) electrons. The second-order valence-electron chi connectivity index (χ2n) is 4.43. The van der Waals surface area contributed by atoms with Crippen LogP contribution in [0.1, 0.15) is 12.2 Å². The highest BCUT2D eigenvalue weighted by atomic mass is 19.1. The number of nitrogens with zero attached hydrogens (tertiary/aromatic N) is 5. The van der Waals surface area contributed by atoms with E-state index in [4.69, 9.17) is 0 Å². The van der Waals surface area contributed by atoms with Crippen LogP contribution in [0.15, 0.2) is 6.20 Å². The zero-order chi connectivity index (χ0) is 12.0. The molecule has 0 spiro atoms. The molecular weight excluding hydrogens is 221 g/mol. The van der Waals surface area contributed by atoms with E-state index in [0.717, 1.165) is 16.9 Å². The number of rotatable bonds is 1. The van der Waals surface area contributed by atoms with Crippen molar-refractivity contribution in [1.82, 2.24) is 19.7 Å². The topological polar surface area (TPSA) is 46.8 Å². The Balaban J connectivity index is 2.15. The van der Waals surface area contributed by atoms with Gasteiger partial charge in [-0.3, -0.25) is 4.68 Å². The van der Waals surface area contributed by atoms with E-state index in [2.05, 4.69) is 15.1 Å². The molecule has 0 saturated carbocycles. The Bertz CT molecular complexity index is 564. The number of hydrogen-bond donors (Lipinski definition) is 0. The Kier molecular flexibility index (Phi) is 2.24. The first-order valence-corrected chi connectivity index (χ1v) is 5.70. The van der Waals surface area contributed by atoms with Gasteiger partial charge >= 0.3 is 0 Å². The van der Waals surface area contributed by atoms with Gasteiger partial charge in [-0.1, -0.05) is 0 Å². The first-order chi connectivity index (χ1) is 8.15. The molecule has 0 amide bonds. The molecule has 0 N–H and O–H groups in total. The van der Waals surface area contributed by atoms with Crippen LogP contribution in [-0.4, -0.2) is 39.0 Å². The predicted molar refractivity (Wildman–Crippen MR) is 62.8 cm³/mol. The maximum Gasteiger partial charge on any atom is 0.163 e. The number of fused-ring (bicyclic) bond motifs is 1. The number of aromatic nitrogens is 4. The Hall–Kier alpha value is -1.72. The maximum atomic E-state index is 13.3. The molecule has 3 heterocycles. The lowest BCUT2D eigenvalue weighted by molar-refractivity contribution is 0.364. The second-order valence-corrected chi connectivity index (χ2v) is 4.43. The summed E-state index contributed by atoms with van der Waals surface area (Å²) in [6.45, 7) is 2.97. The third kappa shape index (κ3) is 1.64. The van der Waals surface area contributed by atoms with Gasteiger partial charge < -0.3 is 4.90 Å². The molecule has 2 aromatic rings. The number of hydrogen-bond acceptors (Lipinski definition) is 4. The summed E-state index contributed by atoms with van der Waals surface area (Å²) in [5, 5.41) is 5.08. The summed E-state index contributed by atoms with van der Waals surface area (Å²) in [4.78, 5) is 10.8. The monoisotopic (exact) mass is 235 g/mol. The first kappa shape index (κ1) is 10.4. The van der Waals surface area contributed by atoms with Crippen LogP contribution in [0.2, 0.25) is 0 Å². The second kappa shape index (κ2) is 3.65. The average molecular weight is 235 g/mol. The van der Waals surface area contributed by atoms with Gasteiger partial charge in [0.1, 0.15) is 17.8 Å². The lowest BCUT2D eigenvalue weighted by atomic mass is 10.3. The van der Waals surface area contributed by atoms with E-state index < -0.39 is 6.17 Å². The van der Waals surface area contributed by atoms with Gasteiger partial charge in [-0.05, 0) is 13.3 Å². The van der Waals surface area contributed by atoms with Crippen molar-refractivity contribution in [3.8, 4) is 0 Å². The molecule has 0 aromatic carbocycles. The molecule has 0 aliphatic carbocycles. The molecule has 5 nitrogen and oxygen atoms in total. The van der Waals surface area contributed by atoms with E-state index in [1.807, 2.05) is 18.9 Å². The Morgan fingerprint density at radius 2 is 2.24 bits per heavy atom. The van der Waals surface area contributed by atoms with Crippen molar-refractivity contribution in [3.05, 3.63) is 12.0 Å². The summed E-state index contributed by atoms with van der Waals surface area (Å²) >= 11 is 0. The fourth-order valence-corrected chi connectivity index (χ4v) is 2.26. The van der Waals surface area contributed by atoms with Crippen molar-refractivity contribution in [3.63, 3.8) is 0 Å². The van der Waals surface area contributed by atoms with Crippen molar-refractivity contribution in [1.29, 1.82) is 0 Å². The quantitative estimate of drug-likeness (QED) is 0.745. The average Bonchev–Trinajstić information content (AvgIpc) is 2.86. The van der Waals surface area contributed by atoms with Crippen LogP contribution in [0, 0.1) is 6.92 Å². The molecular formula is C11H14FN5. The van der Waals surface area contributed by atoms with Gasteiger partial charge in [0.15, 0.2) is 5.65 Å². The normalized spacial score (nSPS) is 20.4. The van der Waals surface area contributed by atoms with Crippen molar-refractivity contribution in [2.45, 2.75) is 19.5 Å². The van der Waals surface area contributed by atoms with E-state index in [-0.39, 0.29) is 0 Å². The summed E-state index contributed by atoms with van der Waals surface area (Å²) < 4.78 is 15.0. The zero-order valence-corrected chi connectivity index (χ0v) is 9.89. The molecule has 1 unspecified atom stereocenters. The smallest absolute Gasteiger partial charge is 0.163 e. The van der Waals surface area contributed by atoms with Crippen molar-refractivity contribution in [2.24, 2.45) is 7.05 Å². The maximum absolute atomic E-state index is 13.3. The first-order valence-electron chi connectivity index (χ1n) is 5.70. The lowest BCUT2D eigenvalue weighted by Crippen LogP contribution is -2.22. The lowest BCUT2D eigenvalue weighted by Gasteiger charge is -2.17. The van der Waals surface area contributed by atoms with Gasteiger partial charge in [-0.2, -0.15) is 5.10 Å². The fourth-order valence-electron chi connectivity index (χ4n) is 2.26. The molecule has 1 fully saturated rings. The SMILES string of the molecule is Cc1nc(N2CCC(F)C2)c2cnn(C)c2n1. The summed E-state index contributed by atoms with van der Waals surface area (Å²) in [6, 6.07) is 0. The van der Waals surface area contributed by atoms with Gasteiger partial charge in [-0.15, -0.1) is 0 Å². The molecule has 0 bridgehead atoms. The minimum absolute atomic E-state index is 0.417. The number of alkyl halides is 1. The van der Waals surface area contributed by atoms with Crippen LogP contribution >= 0.6 is 0 Å². The van der Waals surface area contributed by atoms with E-state index in [1.165, 1.54) is 0 Å². The molecule has 1 aliphatic heterocycles. The predicted octanol–water partition coefficient (Wildman–Crippen LogP) is 1.22. The minimum atomic E-state index is -0.753. The minimum Gasteiger partial charge on any atom is -0.353 e. The Morgan fingerprint density at radius 3 is 2.94 bits per heavy atom. The highest BCUT2D eigenvalue weighted by Gasteiger charge is 2.25. The van der Waals surface area contributed by atoms with Gasteiger partial charge in [0.05, 0.1) is 18.1 Å². The highest BCUT2D eigenvalue weighted by Crippen LogP contribution is 2.27. The Labute approximate surface area is 98.3 Å². The number of halogens is 1. The third-order valence-corrected chi connectivity index (χ3v) is 3.11. The van der Waals surface area contributed by atoms with E-state index in [9.17, 15) is 4.39 Å². The van der Waals surface area contributed by atoms with Crippen LogP contribution in [0.5, 0.6) is 0 Å². The largest absolute Gasteiger partial charge is 0.353 e. The molecule has 3 rings (SSSR count). The number of anilines is 1. The summed E-state index contributed by atoms with van der Waals surface area (Å²) in [5.41, 5.74) is 0.801. The summed E-state index contributed by atoms with van der Waals surface area (Å²) in [5.74, 6) is 1.50. The van der Waals surface area contributed by atoms with E-state index in [0.29, 0.717) is 25.3 Å². The molecule has 2 aromatic heterocycles. The molecule has 17 heavy (non-hydrogen) atoms. The molecule has 90 valence electrons. The number of aryl methyl sites for hydroxylation is 2. The van der Waals surface area contributed by atoms with Crippen LogP contribution < -0.4 is 4.90 Å². The zero-order valence-electron chi connectivity index (χ0n) is 9.89. The van der Waals surface area contributed by atoms with E-state index >= 15 is 0 Å².